The maximum atomic E-state index is 12.0. The van der Waals surface area contributed by atoms with Gasteiger partial charge in [-0.25, -0.2) is 0 Å². The number of hydrogen-bond acceptors (Lipinski definition) is 4. The quantitative estimate of drug-likeness (QED) is 0.852. The Labute approximate surface area is 121 Å². The van der Waals surface area contributed by atoms with Crippen LogP contribution in [-0.4, -0.2) is 34.6 Å². The summed E-state index contributed by atoms with van der Waals surface area (Å²) in [6.07, 6.45) is 1.87. The minimum Gasteiger partial charge on any atom is -0.340 e. The molecule has 100 valence electrons. The maximum absolute atomic E-state index is 12.0. The fourth-order valence-electron chi connectivity index (χ4n) is 1.72. The molecule has 0 aliphatic heterocycles. The predicted octanol–water partition coefficient (Wildman–Crippen LogP) is 2.90. The van der Waals surface area contributed by atoms with Crippen molar-refractivity contribution in [3.63, 3.8) is 0 Å². The number of carbonyl (C=O) groups is 1. The second-order valence-corrected chi connectivity index (χ2v) is 5.74. The molecule has 19 heavy (non-hydrogen) atoms. The first kappa shape index (κ1) is 14.0. The molecule has 0 radical (unpaired) electrons. The highest BCUT2D eigenvalue weighted by atomic mass is 35.5. The van der Waals surface area contributed by atoms with Crippen LogP contribution in [0.15, 0.2) is 30.3 Å². The molecule has 0 atom stereocenters. The summed E-state index contributed by atoms with van der Waals surface area (Å²) in [5.74, 6) is -0.127. The van der Waals surface area contributed by atoms with Crippen molar-refractivity contribution in [2.75, 3.05) is 13.6 Å². The smallest absolute Gasteiger partial charge is 0.284 e. The van der Waals surface area contributed by atoms with E-state index in [1.54, 1.807) is 11.9 Å². The molecule has 0 unspecified atom stereocenters. The molecule has 0 N–H and O–H groups in total. The number of carbonyl (C=O) groups excluding carboxylic acids is 1. The minimum absolute atomic E-state index is 0.127. The van der Waals surface area contributed by atoms with Crippen molar-refractivity contribution in [3.8, 4) is 0 Å². The van der Waals surface area contributed by atoms with Crippen LogP contribution in [0, 0.1) is 0 Å². The van der Waals surface area contributed by atoms with E-state index in [0.717, 1.165) is 24.2 Å². The van der Waals surface area contributed by atoms with Gasteiger partial charge in [-0.1, -0.05) is 41.7 Å². The molecule has 1 aromatic carbocycles. The monoisotopic (exact) mass is 295 g/mol. The van der Waals surface area contributed by atoms with Crippen molar-refractivity contribution >= 4 is 28.8 Å². The summed E-state index contributed by atoms with van der Waals surface area (Å²) in [5.41, 5.74) is 1.28. The molecule has 0 aliphatic carbocycles. The molecular formula is C13H14ClN3OS. The maximum Gasteiger partial charge on any atom is 0.284 e. The Kier molecular flexibility index (Phi) is 4.87. The van der Waals surface area contributed by atoms with Gasteiger partial charge in [-0.2, -0.15) is 0 Å². The third-order valence-electron chi connectivity index (χ3n) is 2.73. The van der Waals surface area contributed by atoms with E-state index in [1.165, 1.54) is 5.56 Å². The highest BCUT2D eigenvalue weighted by molar-refractivity contribution is 7.17. The SMILES string of the molecule is CN(CCCc1ccccc1)C(=O)c1nnc(Cl)s1. The summed E-state index contributed by atoms with van der Waals surface area (Å²) < 4.78 is 0.293. The normalized spacial score (nSPS) is 10.4. The van der Waals surface area contributed by atoms with E-state index in [4.69, 9.17) is 11.6 Å². The number of aromatic nitrogens is 2. The number of hydrogen-bond donors (Lipinski definition) is 0. The Bertz CT molecular complexity index is 544. The number of nitrogens with zero attached hydrogens (tertiary/aromatic N) is 3. The van der Waals surface area contributed by atoms with Crippen LogP contribution in [0.3, 0.4) is 0 Å². The second-order valence-electron chi connectivity index (χ2n) is 4.18. The van der Waals surface area contributed by atoms with Gasteiger partial charge in [-0.3, -0.25) is 4.79 Å². The Morgan fingerprint density at radius 1 is 1.32 bits per heavy atom. The van der Waals surface area contributed by atoms with Crippen LogP contribution < -0.4 is 0 Å². The topological polar surface area (TPSA) is 46.1 Å². The Hall–Kier alpha value is -1.46. The largest absolute Gasteiger partial charge is 0.340 e. The van der Waals surface area contributed by atoms with E-state index >= 15 is 0 Å². The number of benzene rings is 1. The van der Waals surface area contributed by atoms with Crippen LogP contribution in [0.5, 0.6) is 0 Å². The van der Waals surface area contributed by atoms with E-state index < -0.39 is 0 Å². The van der Waals surface area contributed by atoms with Gasteiger partial charge < -0.3 is 4.90 Å². The molecule has 0 saturated carbocycles. The summed E-state index contributed by atoms with van der Waals surface area (Å²) in [4.78, 5) is 13.6. The molecule has 4 nitrogen and oxygen atoms in total. The molecule has 0 spiro atoms. The Balaban J connectivity index is 1.81. The molecule has 1 amide bonds. The van der Waals surface area contributed by atoms with Crippen molar-refractivity contribution in [2.45, 2.75) is 12.8 Å². The first-order chi connectivity index (χ1) is 9.16. The van der Waals surface area contributed by atoms with Gasteiger partial charge in [0.1, 0.15) is 0 Å². The second kappa shape index (κ2) is 6.63. The summed E-state index contributed by atoms with van der Waals surface area (Å²) in [7, 11) is 1.77. The summed E-state index contributed by atoms with van der Waals surface area (Å²) >= 11 is 6.77. The minimum atomic E-state index is -0.127. The number of aryl methyl sites for hydroxylation is 1. The molecular weight excluding hydrogens is 282 g/mol. The van der Waals surface area contributed by atoms with Crippen LogP contribution in [0.25, 0.3) is 0 Å². The van der Waals surface area contributed by atoms with Crippen molar-refractivity contribution in [1.82, 2.24) is 15.1 Å². The van der Waals surface area contributed by atoms with E-state index in [1.807, 2.05) is 18.2 Å². The fourth-order valence-corrected chi connectivity index (χ4v) is 2.54. The number of amides is 1. The first-order valence-electron chi connectivity index (χ1n) is 5.95. The van der Waals surface area contributed by atoms with Gasteiger partial charge in [0.25, 0.3) is 5.91 Å². The molecule has 2 rings (SSSR count). The highest BCUT2D eigenvalue weighted by Crippen LogP contribution is 2.16. The molecule has 0 fully saturated rings. The zero-order chi connectivity index (χ0) is 13.7. The number of halogens is 1. The summed E-state index contributed by atoms with van der Waals surface area (Å²) in [5, 5.41) is 7.72. The van der Waals surface area contributed by atoms with E-state index in [9.17, 15) is 4.79 Å². The Morgan fingerprint density at radius 3 is 2.68 bits per heavy atom. The zero-order valence-corrected chi connectivity index (χ0v) is 12.1. The molecule has 2 aromatic rings. The summed E-state index contributed by atoms with van der Waals surface area (Å²) in [6.45, 7) is 0.685. The van der Waals surface area contributed by atoms with Crippen molar-refractivity contribution in [1.29, 1.82) is 0 Å². The lowest BCUT2D eigenvalue weighted by atomic mass is 10.1. The fraction of sp³-hybridized carbons (Fsp3) is 0.308. The molecule has 0 aliphatic rings. The van der Waals surface area contributed by atoms with Crippen molar-refractivity contribution in [3.05, 3.63) is 45.4 Å². The van der Waals surface area contributed by atoms with Gasteiger partial charge >= 0.3 is 0 Å². The Morgan fingerprint density at radius 2 is 2.05 bits per heavy atom. The third-order valence-corrected chi connectivity index (χ3v) is 3.74. The van der Waals surface area contributed by atoms with Gasteiger partial charge in [0.15, 0.2) is 0 Å². The van der Waals surface area contributed by atoms with Gasteiger partial charge in [0, 0.05) is 13.6 Å². The number of rotatable bonds is 5. The summed E-state index contributed by atoms with van der Waals surface area (Å²) in [6, 6.07) is 10.2. The molecule has 0 saturated heterocycles. The van der Waals surface area contributed by atoms with Gasteiger partial charge in [-0.05, 0) is 30.0 Å². The molecule has 1 aromatic heterocycles. The standard InChI is InChI=1S/C13H14ClN3OS/c1-17(12(18)11-15-16-13(14)19-11)9-5-8-10-6-3-2-4-7-10/h2-4,6-7H,5,8-9H2,1H3. The highest BCUT2D eigenvalue weighted by Gasteiger charge is 2.16. The van der Waals surface area contributed by atoms with Crippen LogP contribution in [0.2, 0.25) is 4.47 Å². The predicted molar refractivity (Wildman–Crippen MR) is 76.6 cm³/mol. The third kappa shape index (κ3) is 4.01. The van der Waals surface area contributed by atoms with Gasteiger partial charge in [0.2, 0.25) is 9.47 Å². The average molecular weight is 296 g/mol. The van der Waals surface area contributed by atoms with E-state index in [0.29, 0.717) is 16.0 Å². The van der Waals surface area contributed by atoms with E-state index in [-0.39, 0.29) is 5.91 Å². The van der Waals surface area contributed by atoms with Crippen LogP contribution in [-0.2, 0) is 6.42 Å². The van der Waals surface area contributed by atoms with Crippen molar-refractivity contribution < 1.29 is 4.79 Å². The van der Waals surface area contributed by atoms with E-state index in [2.05, 4.69) is 22.3 Å². The lowest BCUT2D eigenvalue weighted by molar-refractivity contribution is 0.0792. The van der Waals surface area contributed by atoms with Crippen LogP contribution in [0.4, 0.5) is 0 Å². The molecule has 6 heteroatoms. The van der Waals surface area contributed by atoms with Crippen LogP contribution >= 0.6 is 22.9 Å². The molecule has 1 heterocycles. The lowest BCUT2D eigenvalue weighted by Gasteiger charge is -2.15. The van der Waals surface area contributed by atoms with Gasteiger partial charge in [-0.15, -0.1) is 10.2 Å². The van der Waals surface area contributed by atoms with Crippen molar-refractivity contribution in [2.24, 2.45) is 0 Å². The lowest BCUT2D eigenvalue weighted by Crippen LogP contribution is -2.27. The first-order valence-corrected chi connectivity index (χ1v) is 7.14. The average Bonchev–Trinajstić information content (AvgIpc) is 2.85. The van der Waals surface area contributed by atoms with Gasteiger partial charge in [0.05, 0.1) is 0 Å². The van der Waals surface area contributed by atoms with Crippen LogP contribution in [0.1, 0.15) is 21.8 Å². The molecule has 0 bridgehead atoms. The zero-order valence-electron chi connectivity index (χ0n) is 10.5.